The van der Waals surface area contributed by atoms with Gasteiger partial charge in [-0.1, -0.05) is 12.1 Å². The van der Waals surface area contributed by atoms with Gasteiger partial charge in [0.1, 0.15) is 5.82 Å². The molecule has 0 saturated carbocycles. The van der Waals surface area contributed by atoms with E-state index in [0.29, 0.717) is 17.2 Å². The van der Waals surface area contributed by atoms with Crippen molar-refractivity contribution in [3.05, 3.63) is 42.2 Å². The third-order valence-electron chi connectivity index (χ3n) is 4.05. The zero-order chi connectivity index (χ0) is 14.9. The van der Waals surface area contributed by atoms with Crippen LogP contribution in [0.25, 0.3) is 11.3 Å². The zero-order valence-corrected chi connectivity index (χ0v) is 12.4. The highest BCUT2D eigenvalue weighted by Crippen LogP contribution is 2.30. The maximum absolute atomic E-state index is 13.3. The van der Waals surface area contributed by atoms with E-state index in [1.54, 1.807) is 12.3 Å². The van der Waals surface area contributed by atoms with Gasteiger partial charge in [0.15, 0.2) is 5.76 Å². The number of aromatic nitrogens is 1. The molecule has 2 aromatic rings. The van der Waals surface area contributed by atoms with Crippen LogP contribution < -0.4 is 5.32 Å². The highest BCUT2D eigenvalue weighted by atomic mass is 19.1. The van der Waals surface area contributed by atoms with Gasteiger partial charge >= 0.3 is 0 Å². The van der Waals surface area contributed by atoms with Crippen LogP contribution in [-0.4, -0.2) is 36.1 Å². The van der Waals surface area contributed by atoms with Gasteiger partial charge < -0.3 is 9.73 Å². The van der Waals surface area contributed by atoms with Crippen molar-refractivity contribution in [3.8, 4) is 11.3 Å². The third-order valence-corrected chi connectivity index (χ3v) is 4.05. The molecule has 0 atom stereocenters. The second kappa shape index (κ2) is 5.58. The molecule has 0 bridgehead atoms. The monoisotopic (exact) mass is 289 g/mol. The molecule has 2 heterocycles. The minimum Gasteiger partial charge on any atom is -0.439 e. The molecule has 1 aliphatic heterocycles. The zero-order valence-electron chi connectivity index (χ0n) is 12.4. The van der Waals surface area contributed by atoms with E-state index < -0.39 is 0 Å². The number of hydrogen-bond donors (Lipinski definition) is 1. The number of rotatable bonds is 3. The molecule has 4 nitrogen and oxygen atoms in total. The summed E-state index contributed by atoms with van der Waals surface area (Å²) in [5, 5.41) is 3.34. The molecule has 0 amide bonds. The van der Waals surface area contributed by atoms with Crippen LogP contribution >= 0.6 is 0 Å². The number of piperazine rings is 1. The van der Waals surface area contributed by atoms with Gasteiger partial charge in [-0.2, -0.15) is 0 Å². The number of hydrogen-bond acceptors (Lipinski definition) is 4. The average Bonchev–Trinajstić information content (AvgIpc) is 2.99. The van der Waals surface area contributed by atoms with Crippen molar-refractivity contribution >= 4 is 0 Å². The predicted octanol–water partition coefficient (Wildman–Crippen LogP) is 2.62. The van der Waals surface area contributed by atoms with Crippen molar-refractivity contribution in [1.82, 2.24) is 15.2 Å². The summed E-state index contributed by atoms with van der Waals surface area (Å²) in [5.41, 5.74) is 0.443. The molecule has 1 saturated heterocycles. The maximum Gasteiger partial charge on any atom is 0.214 e. The van der Waals surface area contributed by atoms with Gasteiger partial charge in [0.2, 0.25) is 5.89 Å². The Morgan fingerprint density at radius 1 is 1.29 bits per heavy atom. The highest BCUT2D eigenvalue weighted by molar-refractivity contribution is 5.56. The Morgan fingerprint density at radius 3 is 2.76 bits per heavy atom. The minimum absolute atomic E-state index is 0.270. The lowest BCUT2D eigenvalue weighted by molar-refractivity contribution is 0.0783. The van der Waals surface area contributed by atoms with Crippen molar-refractivity contribution in [1.29, 1.82) is 0 Å². The van der Waals surface area contributed by atoms with Crippen LogP contribution in [0.3, 0.4) is 0 Å². The predicted molar refractivity (Wildman–Crippen MR) is 79.4 cm³/mol. The Kier molecular flexibility index (Phi) is 3.78. The fourth-order valence-electron chi connectivity index (χ4n) is 2.69. The number of benzene rings is 1. The molecule has 21 heavy (non-hydrogen) atoms. The summed E-state index contributed by atoms with van der Waals surface area (Å²) in [4.78, 5) is 6.77. The van der Waals surface area contributed by atoms with Gasteiger partial charge in [0, 0.05) is 31.7 Å². The van der Waals surface area contributed by atoms with Gasteiger partial charge in [-0.05, 0) is 26.0 Å². The van der Waals surface area contributed by atoms with E-state index in [9.17, 15) is 4.39 Å². The van der Waals surface area contributed by atoms with Crippen LogP contribution in [0.4, 0.5) is 4.39 Å². The first-order chi connectivity index (χ1) is 10.1. The molecule has 0 unspecified atom stereocenters. The lowest BCUT2D eigenvalue weighted by atomic mass is 10.0. The number of nitrogens with zero attached hydrogens (tertiary/aromatic N) is 2. The summed E-state index contributed by atoms with van der Waals surface area (Å²) in [6, 6.07) is 6.38. The molecule has 1 aromatic carbocycles. The lowest BCUT2D eigenvalue weighted by Gasteiger charge is -2.38. The summed E-state index contributed by atoms with van der Waals surface area (Å²) in [6.07, 6.45) is 1.67. The average molecular weight is 289 g/mol. The van der Waals surface area contributed by atoms with Crippen molar-refractivity contribution in [2.45, 2.75) is 19.4 Å². The fraction of sp³-hybridized carbons (Fsp3) is 0.438. The third kappa shape index (κ3) is 2.84. The van der Waals surface area contributed by atoms with Gasteiger partial charge in [0.25, 0.3) is 0 Å². The van der Waals surface area contributed by atoms with Crippen LogP contribution in [0.15, 0.2) is 34.9 Å². The fourth-order valence-corrected chi connectivity index (χ4v) is 2.69. The Bertz CT molecular complexity index is 617. The molecule has 0 radical (unpaired) electrons. The van der Waals surface area contributed by atoms with Crippen LogP contribution in [-0.2, 0) is 5.54 Å². The maximum atomic E-state index is 13.3. The molecule has 1 fully saturated rings. The van der Waals surface area contributed by atoms with Gasteiger partial charge in [-0.25, -0.2) is 9.37 Å². The number of nitrogens with one attached hydrogen (secondary N) is 1. The summed E-state index contributed by atoms with van der Waals surface area (Å²) in [7, 11) is 0. The van der Waals surface area contributed by atoms with Gasteiger partial charge in [0.05, 0.1) is 11.7 Å². The van der Waals surface area contributed by atoms with Gasteiger partial charge in [-0.15, -0.1) is 0 Å². The van der Waals surface area contributed by atoms with Crippen molar-refractivity contribution in [3.63, 3.8) is 0 Å². The standard InChI is InChI=1S/C16H20FN3O/c1-16(2,20-8-6-18-7-9-20)15-19-11-14(21-15)12-4-3-5-13(17)10-12/h3-5,10-11,18H,6-9H2,1-2H3. The molecule has 3 rings (SSSR count). The molecule has 0 spiro atoms. The molecule has 1 aromatic heterocycles. The molecule has 1 N–H and O–H groups in total. The smallest absolute Gasteiger partial charge is 0.214 e. The normalized spacial score (nSPS) is 17.1. The molecule has 0 aliphatic carbocycles. The van der Waals surface area contributed by atoms with E-state index in [-0.39, 0.29) is 11.4 Å². The van der Waals surface area contributed by atoms with Gasteiger partial charge in [-0.3, -0.25) is 4.90 Å². The summed E-state index contributed by atoms with van der Waals surface area (Å²) < 4.78 is 19.2. The van der Waals surface area contributed by atoms with Crippen molar-refractivity contribution < 1.29 is 8.81 Å². The van der Waals surface area contributed by atoms with E-state index >= 15 is 0 Å². The first-order valence-electron chi connectivity index (χ1n) is 7.25. The second-order valence-corrected chi connectivity index (χ2v) is 5.84. The van der Waals surface area contributed by atoms with E-state index in [1.165, 1.54) is 12.1 Å². The summed E-state index contributed by atoms with van der Waals surface area (Å²) in [6.45, 7) is 8.09. The quantitative estimate of drug-likeness (QED) is 0.943. The SMILES string of the molecule is CC(C)(c1ncc(-c2cccc(F)c2)o1)N1CCNCC1. The summed E-state index contributed by atoms with van der Waals surface area (Å²) in [5.74, 6) is 1.00. The Hall–Kier alpha value is -1.72. The van der Waals surface area contributed by atoms with Crippen LogP contribution in [0.5, 0.6) is 0 Å². The summed E-state index contributed by atoms with van der Waals surface area (Å²) >= 11 is 0. The van der Waals surface area contributed by atoms with E-state index in [1.807, 2.05) is 6.07 Å². The van der Waals surface area contributed by atoms with E-state index in [4.69, 9.17) is 4.42 Å². The molecular weight excluding hydrogens is 269 g/mol. The van der Waals surface area contributed by atoms with Crippen LogP contribution in [0.1, 0.15) is 19.7 Å². The van der Waals surface area contributed by atoms with E-state index in [2.05, 4.69) is 29.0 Å². The molecule has 5 heteroatoms. The molecule has 1 aliphatic rings. The number of halogens is 1. The Labute approximate surface area is 124 Å². The Morgan fingerprint density at radius 2 is 2.05 bits per heavy atom. The first kappa shape index (κ1) is 14.2. The minimum atomic E-state index is -0.271. The van der Waals surface area contributed by atoms with Crippen LogP contribution in [0, 0.1) is 5.82 Å². The second-order valence-electron chi connectivity index (χ2n) is 5.84. The topological polar surface area (TPSA) is 41.3 Å². The molecular formula is C16H20FN3O. The Balaban J connectivity index is 1.86. The number of oxazole rings is 1. The van der Waals surface area contributed by atoms with E-state index in [0.717, 1.165) is 26.2 Å². The molecule has 112 valence electrons. The largest absolute Gasteiger partial charge is 0.439 e. The van der Waals surface area contributed by atoms with Crippen LogP contribution in [0.2, 0.25) is 0 Å². The first-order valence-corrected chi connectivity index (χ1v) is 7.25. The van der Waals surface area contributed by atoms with Crippen molar-refractivity contribution in [2.75, 3.05) is 26.2 Å². The van der Waals surface area contributed by atoms with Crippen molar-refractivity contribution in [2.24, 2.45) is 0 Å². The lowest BCUT2D eigenvalue weighted by Crippen LogP contribution is -2.51. The highest BCUT2D eigenvalue weighted by Gasteiger charge is 2.34.